The van der Waals surface area contributed by atoms with E-state index in [1.807, 2.05) is 29.6 Å². The van der Waals surface area contributed by atoms with E-state index in [1.54, 1.807) is 16.9 Å². The first-order valence-electron chi connectivity index (χ1n) is 12.6. The van der Waals surface area contributed by atoms with E-state index < -0.39 is 0 Å². The van der Waals surface area contributed by atoms with E-state index in [0.29, 0.717) is 30.3 Å². The van der Waals surface area contributed by atoms with Crippen LogP contribution in [0.5, 0.6) is 0 Å². The van der Waals surface area contributed by atoms with Gasteiger partial charge in [0.1, 0.15) is 11.2 Å². The van der Waals surface area contributed by atoms with Gasteiger partial charge in [0.25, 0.3) is 5.91 Å². The summed E-state index contributed by atoms with van der Waals surface area (Å²) in [6.45, 7) is 4.40. The standard InChI is InChI=1S/C28H27N7O/c1-17-13-31-26-21(17)12-20(14-32-26)19-10-18-5-9-34(16-24(18)22(11-19)25-4-2-6-29-25)28(36)23-15-33-35-8-3-7-30-27(23)35/h3,7-8,10-15,25,29H,2,4-6,9,16H2,1H3,(H,31,32)/t25-/m0/s1. The number of pyridine rings is 1. The fraction of sp³-hybridized carbons (Fsp3) is 0.286. The largest absolute Gasteiger partial charge is 0.346 e. The molecule has 4 aromatic heterocycles. The molecular formula is C28H27N7O. The molecule has 2 N–H and O–H groups in total. The maximum Gasteiger partial charge on any atom is 0.259 e. The van der Waals surface area contributed by atoms with Gasteiger partial charge < -0.3 is 15.2 Å². The van der Waals surface area contributed by atoms with Crippen LogP contribution in [-0.4, -0.2) is 48.5 Å². The van der Waals surface area contributed by atoms with Crippen molar-refractivity contribution in [3.8, 4) is 11.1 Å². The van der Waals surface area contributed by atoms with Gasteiger partial charge in [0.05, 0.1) is 6.20 Å². The molecule has 1 saturated heterocycles. The van der Waals surface area contributed by atoms with Gasteiger partial charge in [-0.15, -0.1) is 0 Å². The van der Waals surface area contributed by atoms with Crippen LogP contribution in [0.4, 0.5) is 0 Å². The summed E-state index contributed by atoms with van der Waals surface area (Å²) in [5, 5.41) is 9.16. The highest BCUT2D eigenvalue weighted by atomic mass is 16.2. The monoisotopic (exact) mass is 477 g/mol. The number of benzene rings is 1. The molecule has 5 aromatic rings. The first kappa shape index (κ1) is 21.3. The number of nitrogens with one attached hydrogen (secondary N) is 2. The zero-order valence-electron chi connectivity index (χ0n) is 20.2. The second-order valence-corrected chi connectivity index (χ2v) is 9.87. The van der Waals surface area contributed by atoms with Gasteiger partial charge in [0.15, 0.2) is 5.65 Å². The Kier molecular flexibility index (Phi) is 4.89. The second-order valence-electron chi connectivity index (χ2n) is 9.87. The smallest absolute Gasteiger partial charge is 0.259 e. The van der Waals surface area contributed by atoms with Crippen LogP contribution in [0.25, 0.3) is 27.8 Å². The molecule has 6 heterocycles. The molecule has 36 heavy (non-hydrogen) atoms. The number of rotatable bonds is 3. The lowest BCUT2D eigenvalue weighted by atomic mass is 9.87. The van der Waals surface area contributed by atoms with E-state index in [4.69, 9.17) is 0 Å². The number of nitrogens with zero attached hydrogens (tertiary/aromatic N) is 5. The Hall–Kier alpha value is -4.04. The molecule has 8 nitrogen and oxygen atoms in total. The maximum atomic E-state index is 13.5. The minimum atomic E-state index is -0.0126. The highest BCUT2D eigenvalue weighted by Gasteiger charge is 2.29. The predicted molar refractivity (Wildman–Crippen MR) is 138 cm³/mol. The molecule has 8 heteroatoms. The molecule has 0 bridgehead atoms. The summed E-state index contributed by atoms with van der Waals surface area (Å²) in [7, 11) is 0. The van der Waals surface area contributed by atoms with Crippen molar-refractivity contribution in [2.24, 2.45) is 0 Å². The maximum absolute atomic E-state index is 13.5. The number of H-pyrrole nitrogens is 1. The fourth-order valence-electron chi connectivity index (χ4n) is 5.74. The second kappa shape index (κ2) is 8.27. The third kappa shape index (κ3) is 3.40. The Labute approximate surface area is 208 Å². The van der Waals surface area contributed by atoms with Gasteiger partial charge in [-0.2, -0.15) is 5.10 Å². The average molecular weight is 478 g/mol. The Balaban J connectivity index is 1.28. The summed E-state index contributed by atoms with van der Waals surface area (Å²) in [5.41, 5.74) is 9.50. The van der Waals surface area contributed by atoms with Gasteiger partial charge in [-0.25, -0.2) is 14.5 Å². The van der Waals surface area contributed by atoms with Gasteiger partial charge in [0, 0.05) is 54.9 Å². The van der Waals surface area contributed by atoms with Crippen molar-refractivity contribution in [1.82, 2.24) is 34.8 Å². The van der Waals surface area contributed by atoms with Crippen LogP contribution in [0.2, 0.25) is 0 Å². The molecule has 0 unspecified atom stereocenters. The third-order valence-corrected chi connectivity index (χ3v) is 7.68. The van der Waals surface area contributed by atoms with Crippen molar-refractivity contribution in [2.75, 3.05) is 13.1 Å². The van der Waals surface area contributed by atoms with E-state index in [2.05, 4.69) is 50.5 Å². The van der Waals surface area contributed by atoms with Crippen LogP contribution < -0.4 is 5.32 Å². The predicted octanol–water partition coefficient (Wildman–Crippen LogP) is 4.20. The lowest BCUT2D eigenvalue weighted by molar-refractivity contribution is 0.0735. The molecule has 0 aliphatic carbocycles. The van der Waals surface area contributed by atoms with Gasteiger partial charge in [-0.3, -0.25) is 4.79 Å². The van der Waals surface area contributed by atoms with Crippen molar-refractivity contribution in [3.63, 3.8) is 0 Å². The number of carbonyl (C=O) groups is 1. The molecule has 0 saturated carbocycles. The number of carbonyl (C=O) groups excluding carboxylic acids is 1. The molecule has 2 aliphatic rings. The zero-order chi connectivity index (χ0) is 24.2. The average Bonchev–Trinajstić information content (AvgIpc) is 3.68. The van der Waals surface area contributed by atoms with E-state index in [1.165, 1.54) is 27.8 Å². The number of aromatic amines is 1. The highest BCUT2D eigenvalue weighted by Crippen LogP contribution is 2.36. The van der Waals surface area contributed by atoms with Gasteiger partial charge in [0.2, 0.25) is 0 Å². The Morgan fingerprint density at radius 2 is 2.08 bits per heavy atom. The summed E-state index contributed by atoms with van der Waals surface area (Å²) < 4.78 is 1.66. The minimum Gasteiger partial charge on any atom is -0.346 e. The van der Waals surface area contributed by atoms with Gasteiger partial charge >= 0.3 is 0 Å². The summed E-state index contributed by atoms with van der Waals surface area (Å²) in [6.07, 6.45) is 12.2. The topological polar surface area (TPSA) is 91.2 Å². The third-order valence-electron chi connectivity index (χ3n) is 7.68. The molecule has 0 spiro atoms. The molecule has 1 atom stereocenters. The van der Waals surface area contributed by atoms with Crippen LogP contribution in [0.1, 0.15) is 51.5 Å². The molecule has 2 aliphatic heterocycles. The van der Waals surface area contributed by atoms with Gasteiger partial charge in [-0.1, -0.05) is 6.07 Å². The molecule has 1 fully saturated rings. The number of aromatic nitrogens is 5. The van der Waals surface area contributed by atoms with Crippen LogP contribution in [0.15, 0.2) is 55.2 Å². The van der Waals surface area contributed by atoms with E-state index >= 15 is 0 Å². The van der Waals surface area contributed by atoms with Crippen molar-refractivity contribution in [1.29, 1.82) is 0 Å². The number of fused-ring (bicyclic) bond motifs is 3. The van der Waals surface area contributed by atoms with Crippen molar-refractivity contribution in [3.05, 3.63) is 83.1 Å². The van der Waals surface area contributed by atoms with E-state index in [9.17, 15) is 4.79 Å². The highest BCUT2D eigenvalue weighted by molar-refractivity contribution is 5.99. The quantitative estimate of drug-likeness (QED) is 0.406. The molecule has 7 rings (SSSR count). The Morgan fingerprint density at radius 3 is 2.97 bits per heavy atom. The molecule has 0 radical (unpaired) electrons. The van der Waals surface area contributed by atoms with Crippen LogP contribution in [0.3, 0.4) is 0 Å². The summed E-state index contributed by atoms with van der Waals surface area (Å²) in [6, 6.07) is 8.97. The Morgan fingerprint density at radius 1 is 1.14 bits per heavy atom. The SMILES string of the molecule is Cc1c[nH]c2ncc(-c3cc4c(c([C@@H]5CCCN5)c3)CN(C(=O)c3cnn5cccnc35)CC4)cc12. The molecule has 1 amide bonds. The van der Waals surface area contributed by atoms with E-state index in [0.717, 1.165) is 42.4 Å². The van der Waals surface area contributed by atoms with E-state index in [-0.39, 0.29) is 5.91 Å². The lowest BCUT2D eigenvalue weighted by Crippen LogP contribution is -2.37. The number of hydrogen-bond donors (Lipinski definition) is 2. The number of amides is 1. The molecular weight excluding hydrogens is 450 g/mol. The zero-order valence-corrected chi connectivity index (χ0v) is 20.2. The summed E-state index contributed by atoms with van der Waals surface area (Å²) in [4.78, 5) is 27.8. The number of hydrogen-bond acceptors (Lipinski definition) is 5. The molecule has 1 aromatic carbocycles. The van der Waals surface area contributed by atoms with Crippen LogP contribution in [-0.2, 0) is 13.0 Å². The van der Waals surface area contributed by atoms with Crippen molar-refractivity contribution < 1.29 is 4.79 Å². The minimum absolute atomic E-state index is 0.0126. The summed E-state index contributed by atoms with van der Waals surface area (Å²) >= 11 is 0. The normalized spacial score (nSPS) is 17.7. The van der Waals surface area contributed by atoms with Crippen molar-refractivity contribution in [2.45, 2.75) is 38.8 Å². The van der Waals surface area contributed by atoms with Gasteiger partial charge in [-0.05, 0) is 78.7 Å². The van der Waals surface area contributed by atoms with Crippen LogP contribution >= 0.6 is 0 Å². The number of aryl methyl sites for hydroxylation is 1. The fourth-order valence-corrected chi connectivity index (χ4v) is 5.74. The first-order valence-corrected chi connectivity index (χ1v) is 12.6. The Bertz CT molecular complexity index is 1630. The lowest BCUT2D eigenvalue weighted by Gasteiger charge is -2.32. The molecule has 180 valence electrons. The van der Waals surface area contributed by atoms with Crippen LogP contribution in [0, 0.1) is 6.92 Å². The first-order chi connectivity index (χ1) is 17.7. The summed E-state index contributed by atoms with van der Waals surface area (Å²) in [5.74, 6) is -0.0126. The van der Waals surface area contributed by atoms with Crippen molar-refractivity contribution >= 4 is 22.6 Å².